The second-order valence-electron chi connectivity index (χ2n) is 4.86. The van der Waals surface area contributed by atoms with Gasteiger partial charge in [0.05, 0.1) is 21.0 Å². The minimum Gasteiger partial charge on any atom is -0.227 e. The first-order chi connectivity index (χ1) is 10.3. The molecule has 0 unspecified atom stereocenters. The summed E-state index contributed by atoms with van der Waals surface area (Å²) in [5.74, 6) is 0.617. The van der Waals surface area contributed by atoms with E-state index in [4.69, 9.17) is 23.2 Å². The van der Waals surface area contributed by atoms with Crippen molar-refractivity contribution in [2.75, 3.05) is 6.54 Å². The maximum absolute atomic E-state index is 12.2. The fraction of sp³-hybridized carbons (Fsp3) is 0.417. The molecule has 1 aromatic heterocycles. The van der Waals surface area contributed by atoms with Gasteiger partial charge in [0, 0.05) is 13.0 Å². The lowest BCUT2D eigenvalue weighted by Crippen LogP contribution is -2.27. The van der Waals surface area contributed by atoms with Gasteiger partial charge in [-0.2, -0.15) is 0 Å². The SMILES string of the molecule is CC(C)n1nnnc1CCNS(=O)(=O)c1ccc(Cl)c(Cl)c1. The fourth-order valence-electron chi connectivity index (χ4n) is 1.80. The average molecular weight is 364 g/mol. The molecule has 7 nitrogen and oxygen atoms in total. The predicted molar refractivity (Wildman–Crippen MR) is 83.6 cm³/mol. The third-order valence-electron chi connectivity index (χ3n) is 2.89. The molecule has 1 aromatic carbocycles. The van der Waals surface area contributed by atoms with Crippen molar-refractivity contribution in [2.24, 2.45) is 0 Å². The van der Waals surface area contributed by atoms with Crippen molar-refractivity contribution >= 4 is 33.2 Å². The summed E-state index contributed by atoms with van der Waals surface area (Å²) >= 11 is 11.6. The van der Waals surface area contributed by atoms with Crippen LogP contribution in [0.25, 0.3) is 0 Å². The van der Waals surface area contributed by atoms with Gasteiger partial charge in [-0.15, -0.1) is 5.10 Å². The molecule has 0 aliphatic heterocycles. The Bertz CT molecular complexity index is 761. The summed E-state index contributed by atoms with van der Waals surface area (Å²) in [5.41, 5.74) is 0. The molecule has 0 saturated heterocycles. The van der Waals surface area contributed by atoms with Crippen LogP contribution in [0.5, 0.6) is 0 Å². The van der Waals surface area contributed by atoms with Crippen molar-refractivity contribution in [3.63, 3.8) is 0 Å². The Morgan fingerprint density at radius 3 is 2.64 bits per heavy atom. The largest absolute Gasteiger partial charge is 0.240 e. The number of benzene rings is 1. The van der Waals surface area contributed by atoms with E-state index in [1.165, 1.54) is 18.2 Å². The Morgan fingerprint density at radius 1 is 1.27 bits per heavy atom. The molecule has 120 valence electrons. The molecule has 1 heterocycles. The second kappa shape index (κ2) is 6.91. The van der Waals surface area contributed by atoms with E-state index < -0.39 is 10.0 Å². The molecule has 0 spiro atoms. The summed E-state index contributed by atoms with van der Waals surface area (Å²) in [5, 5.41) is 11.8. The number of tetrazole rings is 1. The van der Waals surface area contributed by atoms with Crippen molar-refractivity contribution in [3.8, 4) is 0 Å². The van der Waals surface area contributed by atoms with Gasteiger partial charge in [0.25, 0.3) is 0 Å². The minimum atomic E-state index is -3.66. The Morgan fingerprint density at radius 2 is 2.00 bits per heavy atom. The van der Waals surface area contributed by atoms with Gasteiger partial charge in [-0.25, -0.2) is 17.8 Å². The first-order valence-electron chi connectivity index (χ1n) is 6.52. The van der Waals surface area contributed by atoms with Crippen LogP contribution in [0.15, 0.2) is 23.1 Å². The van der Waals surface area contributed by atoms with Crippen molar-refractivity contribution in [2.45, 2.75) is 31.2 Å². The third-order valence-corrected chi connectivity index (χ3v) is 5.09. The fourth-order valence-corrected chi connectivity index (χ4v) is 3.22. The Hall–Kier alpha value is -1.22. The standard InChI is InChI=1S/C12H15Cl2N5O2S/c1-8(2)19-12(16-17-18-19)5-6-15-22(20,21)9-3-4-10(13)11(14)7-9/h3-4,7-8,15H,5-6H2,1-2H3. The molecule has 0 bridgehead atoms. The van der Waals surface area contributed by atoms with E-state index in [2.05, 4.69) is 20.2 Å². The highest BCUT2D eigenvalue weighted by molar-refractivity contribution is 7.89. The molecule has 2 aromatic rings. The molecule has 0 radical (unpaired) electrons. The van der Waals surface area contributed by atoms with Gasteiger partial charge in [-0.3, -0.25) is 0 Å². The monoisotopic (exact) mass is 363 g/mol. The number of aromatic nitrogens is 4. The summed E-state index contributed by atoms with van der Waals surface area (Å²) in [6.45, 7) is 4.06. The number of rotatable bonds is 6. The summed E-state index contributed by atoms with van der Waals surface area (Å²) in [6, 6.07) is 4.26. The van der Waals surface area contributed by atoms with E-state index in [-0.39, 0.29) is 22.5 Å². The van der Waals surface area contributed by atoms with Gasteiger partial charge < -0.3 is 0 Å². The molecule has 1 N–H and O–H groups in total. The lowest BCUT2D eigenvalue weighted by molar-refractivity contribution is 0.492. The summed E-state index contributed by atoms with van der Waals surface area (Å²) in [4.78, 5) is 0.0605. The average Bonchev–Trinajstić information content (AvgIpc) is 2.90. The van der Waals surface area contributed by atoms with E-state index in [9.17, 15) is 8.42 Å². The van der Waals surface area contributed by atoms with Crippen LogP contribution in [0, 0.1) is 0 Å². The second-order valence-corrected chi connectivity index (χ2v) is 7.44. The molecular formula is C12H15Cl2N5O2S. The number of hydrogen-bond donors (Lipinski definition) is 1. The van der Waals surface area contributed by atoms with Crippen molar-refractivity contribution < 1.29 is 8.42 Å². The maximum Gasteiger partial charge on any atom is 0.240 e. The highest BCUT2D eigenvalue weighted by atomic mass is 35.5. The number of nitrogens with one attached hydrogen (secondary N) is 1. The van der Waals surface area contributed by atoms with Crippen molar-refractivity contribution in [3.05, 3.63) is 34.1 Å². The van der Waals surface area contributed by atoms with E-state index in [1.54, 1.807) is 4.68 Å². The van der Waals surface area contributed by atoms with Crippen LogP contribution in [0.1, 0.15) is 25.7 Å². The third kappa shape index (κ3) is 3.95. The van der Waals surface area contributed by atoms with Gasteiger partial charge >= 0.3 is 0 Å². The van der Waals surface area contributed by atoms with Gasteiger partial charge in [0.15, 0.2) is 5.82 Å². The molecule has 0 amide bonds. The van der Waals surface area contributed by atoms with Gasteiger partial charge in [-0.1, -0.05) is 23.2 Å². The van der Waals surface area contributed by atoms with Gasteiger partial charge in [-0.05, 0) is 42.5 Å². The first-order valence-corrected chi connectivity index (χ1v) is 8.76. The highest BCUT2D eigenvalue weighted by Gasteiger charge is 2.16. The van der Waals surface area contributed by atoms with Gasteiger partial charge in [0.1, 0.15) is 0 Å². The topological polar surface area (TPSA) is 89.8 Å². The number of hydrogen-bond acceptors (Lipinski definition) is 5. The van der Waals surface area contributed by atoms with Crippen LogP contribution in [0.2, 0.25) is 10.0 Å². The molecule has 22 heavy (non-hydrogen) atoms. The normalized spacial score (nSPS) is 12.0. The molecule has 0 saturated carbocycles. The summed E-state index contributed by atoms with van der Waals surface area (Å²) < 4.78 is 28.5. The summed E-state index contributed by atoms with van der Waals surface area (Å²) in [6.07, 6.45) is 0.381. The zero-order valence-corrected chi connectivity index (χ0v) is 14.3. The van der Waals surface area contributed by atoms with Crippen LogP contribution < -0.4 is 4.72 Å². The van der Waals surface area contributed by atoms with Crippen molar-refractivity contribution in [1.82, 2.24) is 24.9 Å². The van der Waals surface area contributed by atoms with Crippen LogP contribution in [0.3, 0.4) is 0 Å². The molecule has 0 aliphatic rings. The molecule has 10 heteroatoms. The maximum atomic E-state index is 12.2. The molecular weight excluding hydrogens is 349 g/mol. The van der Waals surface area contributed by atoms with E-state index in [1.807, 2.05) is 13.8 Å². The smallest absolute Gasteiger partial charge is 0.227 e. The van der Waals surface area contributed by atoms with Crippen LogP contribution >= 0.6 is 23.2 Å². The lowest BCUT2D eigenvalue weighted by Gasteiger charge is -2.09. The number of nitrogens with zero attached hydrogens (tertiary/aromatic N) is 4. The van der Waals surface area contributed by atoms with Crippen LogP contribution in [0.4, 0.5) is 0 Å². The number of halogens is 2. The number of sulfonamides is 1. The predicted octanol–water partition coefficient (Wildman–Crippen LogP) is 2.08. The van der Waals surface area contributed by atoms with E-state index in [0.717, 1.165) is 0 Å². The Labute approximate surface area is 138 Å². The van der Waals surface area contributed by atoms with Crippen molar-refractivity contribution in [1.29, 1.82) is 0 Å². The molecule has 0 fully saturated rings. The van der Waals surface area contributed by atoms with E-state index >= 15 is 0 Å². The van der Waals surface area contributed by atoms with E-state index in [0.29, 0.717) is 17.3 Å². The van der Waals surface area contributed by atoms with Gasteiger partial charge in [0.2, 0.25) is 10.0 Å². The molecule has 2 rings (SSSR count). The zero-order chi connectivity index (χ0) is 16.3. The quantitative estimate of drug-likeness (QED) is 0.848. The highest BCUT2D eigenvalue weighted by Crippen LogP contribution is 2.24. The van der Waals surface area contributed by atoms with Crippen LogP contribution in [-0.4, -0.2) is 35.2 Å². The Kier molecular flexibility index (Phi) is 5.38. The first kappa shape index (κ1) is 17.1. The molecule has 0 atom stereocenters. The molecule has 0 aliphatic carbocycles. The minimum absolute atomic E-state index is 0.0605. The van der Waals surface area contributed by atoms with Crippen LogP contribution in [-0.2, 0) is 16.4 Å². The summed E-state index contributed by atoms with van der Waals surface area (Å²) in [7, 11) is -3.66. The Balaban J connectivity index is 2.04. The zero-order valence-electron chi connectivity index (χ0n) is 12.0. The lowest BCUT2D eigenvalue weighted by atomic mass is 10.3.